The van der Waals surface area contributed by atoms with E-state index in [2.05, 4.69) is 33.5 Å². The van der Waals surface area contributed by atoms with Crippen LogP contribution in [0.3, 0.4) is 0 Å². The lowest BCUT2D eigenvalue weighted by atomic mass is 10.1. The average Bonchev–Trinajstić information content (AvgIpc) is 3.16. The Morgan fingerprint density at radius 3 is 1.36 bits per heavy atom. The molecule has 0 aromatic rings. The van der Waals surface area contributed by atoms with Gasteiger partial charge in [0.15, 0.2) is 18.5 Å². The van der Waals surface area contributed by atoms with Gasteiger partial charge in [0.05, 0.1) is 13.2 Å². The van der Waals surface area contributed by atoms with Crippen molar-refractivity contribution in [3.63, 3.8) is 0 Å². The number of hydrogen-bond acceptors (Lipinski definition) is 27. The summed E-state index contributed by atoms with van der Waals surface area (Å²) in [5.41, 5.74) is 0. The lowest BCUT2D eigenvalue weighted by molar-refractivity contribution is -0.354. The minimum Gasteiger partial charge on any atom is -0.341 e. The van der Waals surface area contributed by atoms with Crippen LogP contribution in [0.2, 0.25) is 0 Å². The molecule has 56 heavy (non-hydrogen) atoms. The first-order valence-corrected chi connectivity index (χ1v) is 23.6. The fourth-order valence-corrected chi connectivity index (χ4v) is 6.97. The van der Waals surface area contributed by atoms with E-state index in [0.29, 0.717) is 6.92 Å². The third-order valence-electron chi connectivity index (χ3n) is 5.43. The highest BCUT2D eigenvalue weighted by molar-refractivity contribution is 7.82. The van der Waals surface area contributed by atoms with Crippen LogP contribution in [-0.2, 0) is 131 Å². The number of ether oxygens (including phenoxy) is 3. The molecule has 0 radical (unpaired) electrons. The second-order valence-corrected chi connectivity index (χ2v) is 18.2. The topological polar surface area (TPSA) is 536 Å². The minimum absolute atomic E-state index is 0.475. The molecule has 43 heteroatoms. The molecule has 8 N–H and O–H groups in total. The molecule has 0 amide bonds. The van der Waals surface area contributed by atoms with Crippen LogP contribution in [0.25, 0.3) is 0 Å². The molecule has 336 valence electrons. The molecule has 8 atom stereocenters. The van der Waals surface area contributed by atoms with E-state index < -0.39 is 158 Å². The molecule has 0 bridgehead atoms. The molecule has 0 aromatic carbocycles. The van der Waals surface area contributed by atoms with E-state index in [0.717, 1.165) is 0 Å². The van der Waals surface area contributed by atoms with Gasteiger partial charge < -0.3 is 14.2 Å². The summed E-state index contributed by atoms with van der Waals surface area (Å²) in [6.45, 7) is -7.83. The van der Waals surface area contributed by atoms with Gasteiger partial charge in [-0.25, -0.2) is 33.5 Å². The van der Waals surface area contributed by atoms with Gasteiger partial charge in [-0.1, -0.05) is 0 Å². The maximum atomic E-state index is 11.9. The highest BCUT2D eigenvalue weighted by Gasteiger charge is 2.63. The van der Waals surface area contributed by atoms with Crippen molar-refractivity contribution in [1.82, 2.24) is 0 Å². The Labute approximate surface area is 315 Å². The molecule has 35 nitrogen and oxygen atoms in total. The van der Waals surface area contributed by atoms with E-state index >= 15 is 0 Å². The minimum atomic E-state index is -6.25. The van der Waals surface area contributed by atoms with E-state index in [4.69, 9.17) is 32.4 Å². The van der Waals surface area contributed by atoms with Crippen molar-refractivity contribution in [2.45, 2.75) is 55.6 Å². The SMILES string of the molecule is C[C@H](OS(=O)(=O)O)C(COS(=O)(=O)O)O[C@@H](O[C@]1(COS(=O)(=O)O)O[C@H](COS(=O)(=O)O)[C@@H](OS(=O)(=O)O)[C@H]1OS(=O)(=O)O)[C@H](COS(=O)(=O)O)OS(=O)(=O)O. The molecule has 1 heterocycles. The van der Waals surface area contributed by atoms with Crippen LogP contribution in [0.4, 0.5) is 0 Å². The van der Waals surface area contributed by atoms with Crippen molar-refractivity contribution >= 4 is 83.2 Å². The summed E-state index contributed by atoms with van der Waals surface area (Å²) in [6, 6.07) is 0. The summed E-state index contributed by atoms with van der Waals surface area (Å²) in [4.78, 5) is 0. The van der Waals surface area contributed by atoms with Gasteiger partial charge in [0.1, 0.15) is 37.6 Å². The molecule has 0 spiro atoms. The molecular weight excluding hydrogens is 973 g/mol. The molecule has 1 saturated heterocycles. The van der Waals surface area contributed by atoms with E-state index in [9.17, 15) is 85.6 Å². The Morgan fingerprint density at radius 1 is 0.536 bits per heavy atom. The Balaban J connectivity index is 4.39. The van der Waals surface area contributed by atoms with Gasteiger partial charge >= 0.3 is 83.2 Å². The smallest absolute Gasteiger partial charge is 0.341 e. The Morgan fingerprint density at radius 2 is 0.964 bits per heavy atom. The van der Waals surface area contributed by atoms with Gasteiger partial charge in [0.25, 0.3) is 0 Å². The van der Waals surface area contributed by atoms with Crippen molar-refractivity contribution in [2.75, 3.05) is 26.4 Å². The summed E-state index contributed by atoms with van der Waals surface area (Å²) in [7, 11) is -47.4. The first-order chi connectivity index (χ1) is 24.6. The molecule has 1 fully saturated rings. The summed E-state index contributed by atoms with van der Waals surface area (Å²) in [5.74, 6) is -4.14. The lowest BCUT2D eigenvalue weighted by Gasteiger charge is -2.39. The van der Waals surface area contributed by atoms with Crippen molar-refractivity contribution in [1.29, 1.82) is 0 Å². The zero-order valence-corrected chi connectivity index (χ0v) is 32.8. The molecule has 1 aliphatic heterocycles. The third kappa shape index (κ3) is 22.3. The molecule has 1 aliphatic rings. The summed E-state index contributed by atoms with van der Waals surface area (Å²) in [6.07, 6.45) is -21.6. The maximum absolute atomic E-state index is 11.9. The zero-order chi connectivity index (χ0) is 44.1. The molecule has 1 unspecified atom stereocenters. The van der Waals surface area contributed by atoms with Gasteiger partial charge in [-0.05, 0) is 6.92 Å². The van der Waals surface area contributed by atoms with E-state index in [1.165, 1.54) is 0 Å². The normalized spacial score (nSPS) is 24.4. The van der Waals surface area contributed by atoms with Crippen LogP contribution in [0.1, 0.15) is 6.92 Å². The summed E-state index contributed by atoms with van der Waals surface area (Å²) >= 11 is 0. The number of hydrogen-bond donors (Lipinski definition) is 8. The first kappa shape index (κ1) is 52.9. The van der Waals surface area contributed by atoms with Crippen LogP contribution in [-0.4, -0.2) is 179 Å². The van der Waals surface area contributed by atoms with Crippen molar-refractivity contribution in [3.8, 4) is 0 Å². The molecular formula is C13H26O35S8. The highest BCUT2D eigenvalue weighted by Crippen LogP contribution is 2.41. The van der Waals surface area contributed by atoms with Crippen molar-refractivity contribution in [3.05, 3.63) is 0 Å². The van der Waals surface area contributed by atoms with Crippen molar-refractivity contribution in [2.24, 2.45) is 0 Å². The Hall–Kier alpha value is -1.16. The van der Waals surface area contributed by atoms with Crippen LogP contribution in [0.5, 0.6) is 0 Å². The quantitative estimate of drug-likeness (QED) is 0.0295. The van der Waals surface area contributed by atoms with Gasteiger partial charge in [-0.2, -0.15) is 67.3 Å². The van der Waals surface area contributed by atoms with Crippen molar-refractivity contribution < 1.29 is 151 Å². The van der Waals surface area contributed by atoms with Crippen LogP contribution in [0.15, 0.2) is 0 Å². The van der Waals surface area contributed by atoms with Gasteiger partial charge in [0, 0.05) is 0 Å². The lowest BCUT2D eigenvalue weighted by Crippen LogP contribution is -2.57. The molecule has 1 rings (SSSR count). The predicted octanol–water partition coefficient (Wildman–Crippen LogP) is -6.14. The summed E-state index contributed by atoms with van der Waals surface area (Å²) in [5, 5.41) is 0. The second kappa shape index (κ2) is 19.0. The van der Waals surface area contributed by atoms with Gasteiger partial charge in [-0.3, -0.25) is 36.4 Å². The monoisotopic (exact) mass is 998 g/mol. The van der Waals surface area contributed by atoms with Gasteiger partial charge in [0.2, 0.25) is 5.79 Å². The van der Waals surface area contributed by atoms with Crippen LogP contribution < -0.4 is 0 Å². The molecule has 0 aliphatic carbocycles. The predicted molar refractivity (Wildman–Crippen MR) is 159 cm³/mol. The zero-order valence-electron chi connectivity index (χ0n) is 26.2. The van der Waals surface area contributed by atoms with Crippen LogP contribution in [0, 0.1) is 0 Å². The molecule has 0 saturated carbocycles. The fraction of sp³-hybridized carbons (Fsp3) is 1.00. The largest absolute Gasteiger partial charge is 0.397 e. The van der Waals surface area contributed by atoms with Crippen LogP contribution >= 0.6 is 0 Å². The van der Waals surface area contributed by atoms with E-state index in [-0.39, 0.29) is 0 Å². The third-order valence-corrected chi connectivity index (χ3v) is 9.10. The van der Waals surface area contributed by atoms with E-state index in [1.807, 2.05) is 0 Å². The Kier molecular flexibility index (Phi) is 18.0. The summed E-state index contributed by atoms with van der Waals surface area (Å²) < 4.78 is 305. The molecule has 0 aromatic heterocycles. The second-order valence-electron chi connectivity index (χ2n) is 9.68. The average molecular weight is 999 g/mol. The fourth-order valence-electron chi connectivity index (χ4n) is 3.74. The van der Waals surface area contributed by atoms with E-state index in [1.54, 1.807) is 0 Å². The van der Waals surface area contributed by atoms with Gasteiger partial charge in [-0.15, -0.1) is 0 Å². The highest BCUT2D eigenvalue weighted by atomic mass is 32.3. The maximum Gasteiger partial charge on any atom is 0.397 e. The first-order valence-electron chi connectivity index (χ1n) is 12.7. The number of rotatable bonds is 26. The Bertz CT molecular complexity index is 2240. The standard InChI is InChI=1S/C13H26O35S8/c1-6(45-53(26,27)28)7(2-38-49(14,15)16)42-12(9(46-54(29,30)31)4-40-51(20,21)22)44-13(5-41-52(23,24)25)11(48-56(35,36)37)10(47-55(32,33)34)8(43-13)3-39-50(17,18)19/h6-12H,2-5H2,1H3,(H,14,15,16)(H,17,18,19)(H,20,21,22)(H,23,24,25)(H,26,27,28)(H,29,30,31)(H,32,33,34)(H,35,36,37)/t6-,7?,8+,9-,10+,11+,12-,13-/m0/s1.